The highest BCUT2D eigenvalue weighted by Gasteiger charge is 2.55. The molecule has 0 unspecified atom stereocenters. The molecule has 0 aliphatic heterocycles. The molecule has 5 heteroatoms. The van der Waals surface area contributed by atoms with Crippen molar-refractivity contribution in [3.8, 4) is 5.75 Å². The molecular weight excluding hydrogens is 224 g/mol. The van der Waals surface area contributed by atoms with E-state index in [9.17, 15) is 17.6 Å². The van der Waals surface area contributed by atoms with Gasteiger partial charge in [0.15, 0.2) is 0 Å². The number of rotatable bonds is 4. The lowest BCUT2D eigenvalue weighted by Crippen LogP contribution is -2.35. The molecular formula is C11H10F4O. The maximum atomic E-state index is 13.3. The average Bonchev–Trinajstić information content (AvgIpc) is 2.29. The smallest absolute Gasteiger partial charge is 0.339 e. The summed E-state index contributed by atoms with van der Waals surface area (Å²) in [6, 6.07) is 4.19. The Labute approximate surface area is 90.3 Å². The van der Waals surface area contributed by atoms with Crippen LogP contribution in [0.3, 0.4) is 0 Å². The first-order valence-corrected chi connectivity index (χ1v) is 4.39. The lowest BCUT2D eigenvalue weighted by molar-refractivity contribution is -0.186. The van der Waals surface area contributed by atoms with Crippen molar-refractivity contribution in [3.05, 3.63) is 42.5 Å². The van der Waals surface area contributed by atoms with E-state index >= 15 is 0 Å². The summed E-state index contributed by atoms with van der Waals surface area (Å²) in [5.74, 6) is -8.23. The molecule has 16 heavy (non-hydrogen) atoms. The maximum Gasteiger partial charge on any atom is 0.339 e. The van der Waals surface area contributed by atoms with E-state index in [1.165, 1.54) is 19.2 Å². The van der Waals surface area contributed by atoms with E-state index in [4.69, 9.17) is 4.74 Å². The molecule has 0 aliphatic carbocycles. The fourth-order valence-corrected chi connectivity index (χ4v) is 1.12. The SMILES string of the molecule is C=CC(F)(F)C(F)(F)c1ccc(OC)cc1. The molecule has 0 saturated heterocycles. The van der Waals surface area contributed by atoms with Gasteiger partial charge in [-0.2, -0.15) is 17.6 Å². The van der Waals surface area contributed by atoms with Crippen molar-refractivity contribution in [1.82, 2.24) is 0 Å². The Balaban J connectivity index is 3.11. The van der Waals surface area contributed by atoms with Gasteiger partial charge in [0.05, 0.1) is 7.11 Å². The largest absolute Gasteiger partial charge is 0.497 e. The van der Waals surface area contributed by atoms with Crippen molar-refractivity contribution < 1.29 is 22.3 Å². The van der Waals surface area contributed by atoms with Gasteiger partial charge in [0, 0.05) is 5.56 Å². The first kappa shape index (κ1) is 12.5. The third-order valence-corrected chi connectivity index (χ3v) is 2.13. The Bertz CT molecular complexity index is 370. The second-order valence-corrected chi connectivity index (χ2v) is 3.13. The summed E-state index contributed by atoms with van der Waals surface area (Å²) in [6.45, 7) is 2.70. The number of alkyl halides is 4. The highest BCUT2D eigenvalue weighted by Crippen LogP contribution is 2.43. The number of methoxy groups -OCH3 is 1. The Morgan fingerprint density at radius 3 is 2.00 bits per heavy atom. The van der Waals surface area contributed by atoms with Crippen molar-refractivity contribution >= 4 is 0 Å². The lowest BCUT2D eigenvalue weighted by atomic mass is 10.0. The molecule has 1 rings (SSSR count). The maximum absolute atomic E-state index is 13.3. The van der Waals surface area contributed by atoms with E-state index in [1.54, 1.807) is 0 Å². The fourth-order valence-electron chi connectivity index (χ4n) is 1.12. The van der Waals surface area contributed by atoms with E-state index in [0.29, 0.717) is 5.75 Å². The van der Waals surface area contributed by atoms with E-state index in [-0.39, 0.29) is 6.08 Å². The first-order valence-electron chi connectivity index (χ1n) is 4.39. The molecule has 0 aliphatic rings. The van der Waals surface area contributed by atoms with Gasteiger partial charge in [-0.1, -0.05) is 6.58 Å². The Hall–Kier alpha value is -1.52. The fraction of sp³-hybridized carbons (Fsp3) is 0.273. The van der Waals surface area contributed by atoms with Crippen molar-refractivity contribution in [1.29, 1.82) is 0 Å². The van der Waals surface area contributed by atoms with E-state index in [1.807, 2.05) is 0 Å². The molecule has 1 aromatic rings. The van der Waals surface area contributed by atoms with Crippen LogP contribution < -0.4 is 4.74 Å². The number of hydrogen-bond acceptors (Lipinski definition) is 1. The molecule has 1 aromatic carbocycles. The third kappa shape index (κ3) is 2.03. The van der Waals surface area contributed by atoms with Crippen molar-refractivity contribution in [2.75, 3.05) is 7.11 Å². The second-order valence-electron chi connectivity index (χ2n) is 3.13. The van der Waals surface area contributed by atoms with Crippen molar-refractivity contribution in [2.24, 2.45) is 0 Å². The molecule has 0 aromatic heterocycles. The molecule has 0 atom stereocenters. The van der Waals surface area contributed by atoms with Crippen LogP contribution in [0.1, 0.15) is 5.56 Å². The Morgan fingerprint density at radius 2 is 1.62 bits per heavy atom. The topological polar surface area (TPSA) is 9.23 Å². The van der Waals surface area contributed by atoms with Crippen molar-refractivity contribution in [3.63, 3.8) is 0 Å². The monoisotopic (exact) mass is 234 g/mol. The number of halogens is 4. The minimum atomic E-state index is -4.28. The van der Waals surface area contributed by atoms with Crippen LogP contribution in [0, 0.1) is 0 Å². The molecule has 0 radical (unpaired) electrons. The molecule has 0 heterocycles. The molecule has 0 spiro atoms. The summed E-state index contributed by atoms with van der Waals surface area (Å²) in [6.07, 6.45) is -0.0583. The summed E-state index contributed by atoms with van der Waals surface area (Å²) >= 11 is 0. The predicted octanol–water partition coefficient (Wildman–Crippen LogP) is 3.61. The predicted molar refractivity (Wildman–Crippen MR) is 52.0 cm³/mol. The highest BCUT2D eigenvalue weighted by molar-refractivity contribution is 5.31. The van der Waals surface area contributed by atoms with E-state index in [0.717, 1.165) is 12.1 Å². The number of ether oxygens (including phenoxy) is 1. The molecule has 88 valence electrons. The molecule has 0 saturated carbocycles. The van der Waals surface area contributed by atoms with Gasteiger partial charge in [-0.3, -0.25) is 0 Å². The van der Waals surface area contributed by atoms with Gasteiger partial charge >= 0.3 is 11.8 Å². The minimum absolute atomic E-state index is 0.0583. The standard InChI is InChI=1S/C11H10F4O/c1-3-10(12,13)11(14,15)8-4-6-9(16-2)7-5-8/h3-7H,1H2,2H3. The zero-order valence-corrected chi connectivity index (χ0v) is 8.51. The van der Waals surface area contributed by atoms with E-state index < -0.39 is 17.4 Å². The van der Waals surface area contributed by atoms with E-state index in [2.05, 4.69) is 6.58 Å². The number of allylic oxidation sites excluding steroid dienone is 1. The van der Waals surface area contributed by atoms with Gasteiger partial charge in [-0.05, 0) is 30.3 Å². The molecule has 0 amide bonds. The van der Waals surface area contributed by atoms with Crippen LogP contribution in [0.15, 0.2) is 36.9 Å². The van der Waals surface area contributed by atoms with Crippen LogP contribution in [0.25, 0.3) is 0 Å². The normalized spacial score (nSPS) is 12.3. The summed E-state index contributed by atoms with van der Waals surface area (Å²) in [7, 11) is 1.35. The quantitative estimate of drug-likeness (QED) is 0.571. The number of hydrogen-bond donors (Lipinski definition) is 0. The van der Waals surface area contributed by atoms with Crippen LogP contribution in [0.5, 0.6) is 5.75 Å². The zero-order chi connectivity index (χ0) is 12.4. The van der Waals surface area contributed by atoms with Crippen LogP contribution in [-0.4, -0.2) is 13.0 Å². The zero-order valence-electron chi connectivity index (χ0n) is 8.51. The summed E-state index contributed by atoms with van der Waals surface area (Å²) in [4.78, 5) is 0. The van der Waals surface area contributed by atoms with Gasteiger partial charge in [0.2, 0.25) is 0 Å². The van der Waals surface area contributed by atoms with Crippen LogP contribution in [0.4, 0.5) is 17.6 Å². The molecule has 1 nitrogen and oxygen atoms in total. The molecule has 0 fully saturated rings. The van der Waals surface area contributed by atoms with Gasteiger partial charge in [-0.15, -0.1) is 0 Å². The Kier molecular flexibility index (Phi) is 3.26. The summed E-state index contributed by atoms with van der Waals surface area (Å²) in [5.41, 5.74) is -0.779. The highest BCUT2D eigenvalue weighted by atomic mass is 19.3. The number of benzene rings is 1. The first-order chi connectivity index (χ1) is 7.35. The molecule has 0 bridgehead atoms. The van der Waals surface area contributed by atoms with Crippen molar-refractivity contribution in [2.45, 2.75) is 11.8 Å². The van der Waals surface area contributed by atoms with Gasteiger partial charge in [-0.25, -0.2) is 0 Å². The Morgan fingerprint density at radius 1 is 1.12 bits per heavy atom. The summed E-state index contributed by atoms with van der Waals surface area (Å²) in [5, 5.41) is 0. The van der Waals surface area contributed by atoms with Gasteiger partial charge < -0.3 is 4.74 Å². The van der Waals surface area contributed by atoms with Crippen LogP contribution >= 0.6 is 0 Å². The van der Waals surface area contributed by atoms with Gasteiger partial charge in [0.1, 0.15) is 5.75 Å². The lowest BCUT2D eigenvalue weighted by Gasteiger charge is -2.24. The third-order valence-electron chi connectivity index (χ3n) is 2.13. The second kappa shape index (κ2) is 4.15. The summed E-state index contributed by atoms with van der Waals surface area (Å²) < 4.78 is 57.2. The van der Waals surface area contributed by atoms with Crippen LogP contribution in [0.2, 0.25) is 0 Å². The molecule has 0 N–H and O–H groups in total. The van der Waals surface area contributed by atoms with Crippen LogP contribution in [-0.2, 0) is 5.92 Å². The van der Waals surface area contributed by atoms with Gasteiger partial charge in [0.25, 0.3) is 0 Å². The minimum Gasteiger partial charge on any atom is -0.497 e. The average molecular weight is 234 g/mol.